The lowest BCUT2D eigenvalue weighted by Gasteiger charge is -2.35. The highest BCUT2D eigenvalue weighted by molar-refractivity contribution is 5.98. The second-order valence-corrected chi connectivity index (χ2v) is 6.98. The summed E-state index contributed by atoms with van der Waals surface area (Å²) in [6.07, 6.45) is 0.0837. The van der Waals surface area contributed by atoms with Crippen molar-refractivity contribution < 1.29 is 33.3 Å². The smallest absolute Gasteiger partial charge is 0.307 e. The Balaban J connectivity index is 1.51. The molecule has 1 N–H and O–H groups in total. The minimum atomic E-state index is -0.358. The third-order valence-corrected chi connectivity index (χ3v) is 5.19. The van der Waals surface area contributed by atoms with Crippen molar-refractivity contribution in [2.24, 2.45) is 0 Å². The summed E-state index contributed by atoms with van der Waals surface area (Å²) in [6, 6.07) is 8.79. The Morgan fingerprint density at radius 1 is 1.07 bits per heavy atom. The quantitative estimate of drug-likeness (QED) is 0.747. The average Bonchev–Trinajstić information content (AvgIpc) is 3.40. The number of carbonyl (C=O) groups is 2. The zero-order valence-corrected chi connectivity index (χ0v) is 16.3. The lowest BCUT2D eigenvalue weighted by Crippen LogP contribution is -2.50. The van der Waals surface area contributed by atoms with E-state index in [1.165, 1.54) is 5.01 Å². The van der Waals surface area contributed by atoms with E-state index in [1.54, 1.807) is 13.0 Å². The Kier molecular flexibility index (Phi) is 4.59. The molecule has 0 aromatic heterocycles. The number of nitrogens with one attached hydrogen (secondary N) is 1. The van der Waals surface area contributed by atoms with Crippen LogP contribution in [-0.4, -0.2) is 43.6 Å². The molecule has 0 radical (unpaired) electrons. The molecule has 156 valence electrons. The van der Waals surface area contributed by atoms with Gasteiger partial charge in [-0.3, -0.25) is 14.6 Å². The zero-order chi connectivity index (χ0) is 20.7. The van der Waals surface area contributed by atoms with E-state index in [4.69, 9.17) is 23.7 Å². The van der Waals surface area contributed by atoms with Crippen LogP contribution in [0.4, 0.5) is 0 Å². The fraction of sp³-hybridized carbons (Fsp3) is 0.333. The van der Waals surface area contributed by atoms with Crippen molar-refractivity contribution in [3.63, 3.8) is 0 Å². The fourth-order valence-electron chi connectivity index (χ4n) is 3.76. The van der Waals surface area contributed by atoms with Crippen LogP contribution in [0.2, 0.25) is 0 Å². The molecule has 3 aliphatic rings. The minimum Gasteiger partial charge on any atom is -0.466 e. The van der Waals surface area contributed by atoms with E-state index >= 15 is 0 Å². The van der Waals surface area contributed by atoms with Crippen molar-refractivity contribution in [2.75, 3.05) is 26.7 Å². The molecule has 3 heterocycles. The minimum absolute atomic E-state index is 0.0837. The number of esters is 1. The van der Waals surface area contributed by atoms with Crippen LogP contribution in [0.5, 0.6) is 23.0 Å². The highest BCUT2D eigenvalue weighted by atomic mass is 16.7. The summed E-state index contributed by atoms with van der Waals surface area (Å²) in [5, 5.41) is 1.44. The average molecular weight is 412 g/mol. The molecular formula is C21H20N2O7. The van der Waals surface area contributed by atoms with Gasteiger partial charge in [-0.15, -0.1) is 0 Å². The van der Waals surface area contributed by atoms with Crippen molar-refractivity contribution in [3.05, 3.63) is 47.0 Å². The first-order valence-electron chi connectivity index (χ1n) is 9.71. The van der Waals surface area contributed by atoms with Crippen LogP contribution in [0.3, 0.4) is 0 Å². The maximum absolute atomic E-state index is 13.1. The third kappa shape index (κ3) is 3.17. The van der Waals surface area contributed by atoms with Crippen LogP contribution in [0, 0.1) is 0 Å². The number of hydrazine groups is 1. The van der Waals surface area contributed by atoms with Gasteiger partial charge in [-0.05, 0) is 42.3 Å². The molecule has 0 fully saturated rings. The van der Waals surface area contributed by atoms with E-state index in [0.29, 0.717) is 35.2 Å². The first-order valence-corrected chi connectivity index (χ1v) is 9.71. The topological polar surface area (TPSA) is 95.6 Å². The lowest BCUT2D eigenvalue weighted by atomic mass is 9.91. The molecule has 1 unspecified atom stereocenters. The molecule has 1 amide bonds. The Morgan fingerprint density at radius 3 is 2.53 bits per heavy atom. The van der Waals surface area contributed by atoms with Gasteiger partial charge in [0.15, 0.2) is 23.0 Å². The summed E-state index contributed by atoms with van der Waals surface area (Å²) in [7, 11) is 0. The van der Waals surface area contributed by atoms with Crippen LogP contribution in [0.15, 0.2) is 30.3 Å². The second-order valence-electron chi connectivity index (χ2n) is 6.98. The van der Waals surface area contributed by atoms with Crippen LogP contribution in [0.25, 0.3) is 0 Å². The molecule has 0 spiro atoms. The van der Waals surface area contributed by atoms with Crippen LogP contribution in [0.1, 0.15) is 40.9 Å². The van der Waals surface area contributed by atoms with Gasteiger partial charge >= 0.3 is 5.97 Å². The van der Waals surface area contributed by atoms with Gasteiger partial charge < -0.3 is 23.7 Å². The van der Waals surface area contributed by atoms with Crippen molar-refractivity contribution >= 4 is 11.9 Å². The number of amides is 1. The van der Waals surface area contributed by atoms with E-state index in [-0.39, 0.29) is 44.5 Å². The molecule has 5 rings (SSSR count). The highest BCUT2D eigenvalue weighted by Gasteiger charge is 2.35. The first-order chi connectivity index (χ1) is 14.6. The number of nitrogens with zero attached hydrogens (tertiary/aromatic N) is 1. The van der Waals surface area contributed by atoms with Crippen LogP contribution in [-0.2, 0) is 9.53 Å². The number of hydrogen-bond donors (Lipinski definition) is 1. The van der Waals surface area contributed by atoms with Gasteiger partial charge in [0.2, 0.25) is 13.6 Å². The molecule has 9 nitrogen and oxygen atoms in total. The molecule has 0 saturated carbocycles. The fourth-order valence-corrected chi connectivity index (χ4v) is 3.76. The normalized spacial score (nSPS) is 18.4. The molecule has 3 aliphatic heterocycles. The Morgan fingerprint density at radius 2 is 1.77 bits per heavy atom. The summed E-state index contributed by atoms with van der Waals surface area (Å²) in [5.74, 6) is 1.84. The van der Waals surface area contributed by atoms with Crippen LogP contribution < -0.4 is 24.4 Å². The van der Waals surface area contributed by atoms with Crippen molar-refractivity contribution in [3.8, 4) is 23.0 Å². The maximum atomic E-state index is 13.1. The van der Waals surface area contributed by atoms with E-state index in [1.807, 2.05) is 24.3 Å². The van der Waals surface area contributed by atoms with Gasteiger partial charge in [0.1, 0.15) is 0 Å². The summed E-state index contributed by atoms with van der Waals surface area (Å²) < 4.78 is 26.9. The van der Waals surface area contributed by atoms with Crippen molar-refractivity contribution in [2.45, 2.75) is 19.4 Å². The third-order valence-electron chi connectivity index (χ3n) is 5.19. The Bertz CT molecular complexity index is 1020. The standard InChI is InChI=1S/C21H20N2O7/c1-2-26-19(24)5-6-23-21(25)14-9-18-17(29-11-30-18)8-13(14)20(22-23)12-3-4-15-16(7-12)28-10-27-15/h3-4,7-9,20,22H,2,5-6,10-11H2,1H3. The van der Waals surface area contributed by atoms with Gasteiger partial charge in [-0.1, -0.05) is 6.07 Å². The summed E-state index contributed by atoms with van der Waals surface area (Å²) in [6.45, 7) is 2.51. The molecule has 0 aliphatic carbocycles. The zero-order valence-electron chi connectivity index (χ0n) is 16.3. The molecule has 2 aromatic carbocycles. The van der Waals surface area contributed by atoms with Gasteiger partial charge in [0, 0.05) is 6.54 Å². The van der Waals surface area contributed by atoms with E-state index in [9.17, 15) is 9.59 Å². The lowest BCUT2D eigenvalue weighted by molar-refractivity contribution is -0.143. The summed E-state index contributed by atoms with van der Waals surface area (Å²) in [5.41, 5.74) is 5.37. The highest BCUT2D eigenvalue weighted by Crippen LogP contribution is 2.42. The van der Waals surface area contributed by atoms with Gasteiger partial charge in [-0.2, -0.15) is 0 Å². The largest absolute Gasteiger partial charge is 0.466 e. The van der Waals surface area contributed by atoms with Gasteiger partial charge in [0.05, 0.1) is 24.6 Å². The molecule has 0 bridgehead atoms. The number of ether oxygens (including phenoxy) is 5. The number of benzene rings is 2. The Labute approximate surface area is 172 Å². The molecule has 0 saturated heterocycles. The summed E-state index contributed by atoms with van der Waals surface area (Å²) in [4.78, 5) is 24.9. The van der Waals surface area contributed by atoms with Gasteiger partial charge in [-0.25, -0.2) is 5.43 Å². The second kappa shape index (κ2) is 7.42. The predicted molar refractivity (Wildman–Crippen MR) is 102 cm³/mol. The van der Waals surface area contributed by atoms with E-state index in [0.717, 1.165) is 11.1 Å². The van der Waals surface area contributed by atoms with E-state index < -0.39 is 0 Å². The molecule has 1 atom stereocenters. The summed E-state index contributed by atoms with van der Waals surface area (Å²) >= 11 is 0. The van der Waals surface area contributed by atoms with Crippen molar-refractivity contribution in [1.82, 2.24) is 10.4 Å². The Hall–Kier alpha value is -3.46. The molecule has 30 heavy (non-hydrogen) atoms. The molecule has 2 aromatic rings. The number of hydrogen-bond acceptors (Lipinski definition) is 8. The first kappa shape index (κ1) is 18.6. The van der Waals surface area contributed by atoms with Gasteiger partial charge in [0.25, 0.3) is 5.91 Å². The molecule has 9 heteroatoms. The van der Waals surface area contributed by atoms with E-state index in [2.05, 4.69) is 5.43 Å². The SMILES string of the molecule is CCOC(=O)CCN1NC(c2ccc3c(c2)OCO3)c2cc3c(cc2C1=O)OCO3. The number of carbonyl (C=O) groups excluding carboxylic acids is 2. The van der Waals surface area contributed by atoms with Crippen LogP contribution >= 0.6 is 0 Å². The monoisotopic (exact) mass is 412 g/mol. The molecular weight excluding hydrogens is 392 g/mol. The number of fused-ring (bicyclic) bond motifs is 3. The predicted octanol–water partition coefficient (Wildman–Crippen LogP) is 2.15. The number of rotatable bonds is 5. The van der Waals surface area contributed by atoms with Crippen molar-refractivity contribution in [1.29, 1.82) is 0 Å². The maximum Gasteiger partial charge on any atom is 0.307 e.